The van der Waals surface area contributed by atoms with Gasteiger partial charge in [0.1, 0.15) is 30.5 Å². The molecule has 0 bridgehead atoms. The molecule has 200 valence electrons. The van der Waals surface area contributed by atoms with E-state index in [2.05, 4.69) is 90.0 Å². The quantitative estimate of drug-likeness (QED) is 0.164. The van der Waals surface area contributed by atoms with Crippen LogP contribution in [0.2, 0.25) is 0 Å². The van der Waals surface area contributed by atoms with Crippen molar-refractivity contribution in [2.75, 3.05) is 26.2 Å². The molecule has 0 amide bonds. The summed E-state index contributed by atoms with van der Waals surface area (Å²) in [5, 5.41) is 0. The number of rotatable bonds is 13. The van der Waals surface area contributed by atoms with E-state index in [4.69, 9.17) is 14.5 Å². The Morgan fingerprint density at radius 2 is 1.38 bits per heavy atom. The van der Waals surface area contributed by atoms with Crippen LogP contribution in [0.1, 0.15) is 25.0 Å². The van der Waals surface area contributed by atoms with Gasteiger partial charge in [-0.2, -0.15) is 0 Å². The first-order valence-electron chi connectivity index (χ1n) is 13.9. The summed E-state index contributed by atoms with van der Waals surface area (Å²) in [4.78, 5) is 7.42. The lowest BCUT2D eigenvalue weighted by Gasteiger charge is -2.18. The Hall–Kier alpha value is -4.09. The molecule has 0 N–H and O–H groups in total. The van der Waals surface area contributed by atoms with Crippen molar-refractivity contribution in [1.29, 1.82) is 0 Å². The van der Waals surface area contributed by atoms with Gasteiger partial charge in [0.2, 0.25) is 0 Å². The van der Waals surface area contributed by atoms with Crippen LogP contribution in [0.4, 0.5) is 0 Å². The molecule has 39 heavy (non-hydrogen) atoms. The molecule has 0 fully saturated rings. The molecule has 5 rings (SSSR count). The molecule has 5 aromatic rings. The summed E-state index contributed by atoms with van der Waals surface area (Å²) in [5.74, 6) is 2.68. The number of fused-ring (bicyclic) bond motifs is 1. The number of ether oxygens (including phenoxy) is 2. The van der Waals surface area contributed by atoms with Crippen LogP contribution >= 0.6 is 0 Å². The fourth-order valence-electron chi connectivity index (χ4n) is 4.80. The molecule has 1 heterocycles. The van der Waals surface area contributed by atoms with Gasteiger partial charge in [0.05, 0.1) is 11.0 Å². The third-order valence-electron chi connectivity index (χ3n) is 7.12. The minimum absolute atomic E-state index is 0.548. The minimum Gasteiger partial charge on any atom is -0.492 e. The summed E-state index contributed by atoms with van der Waals surface area (Å²) in [6.07, 6.45) is 0.921. The predicted molar refractivity (Wildman–Crippen MR) is 159 cm³/mol. The van der Waals surface area contributed by atoms with E-state index in [1.807, 2.05) is 36.4 Å². The number of aryl methyl sites for hydroxylation is 2. The molecule has 5 nitrogen and oxygen atoms in total. The molecule has 0 aliphatic heterocycles. The highest BCUT2D eigenvalue weighted by atomic mass is 16.5. The van der Waals surface area contributed by atoms with Crippen LogP contribution in [0.3, 0.4) is 0 Å². The molecule has 5 heteroatoms. The normalized spacial score (nSPS) is 11.3. The molecule has 0 unspecified atom stereocenters. The van der Waals surface area contributed by atoms with Crippen molar-refractivity contribution in [3.8, 4) is 22.9 Å². The summed E-state index contributed by atoms with van der Waals surface area (Å²) in [6, 6.07) is 35.3. The van der Waals surface area contributed by atoms with Crippen LogP contribution in [-0.4, -0.2) is 40.7 Å². The number of nitrogens with zero attached hydrogens (tertiary/aromatic N) is 3. The van der Waals surface area contributed by atoms with E-state index >= 15 is 0 Å². The largest absolute Gasteiger partial charge is 0.492 e. The number of hydrogen-bond donors (Lipinski definition) is 0. The summed E-state index contributed by atoms with van der Waals surface area (Å²) >= 11 is 0. The van der Waals surface area contributed by atoms with Crippen molar-refractivity contribution >= 4 is 11.0 Å². The Morgan fingerprint density at radius 1 is 0.718 bits per heavy atom. The molecule has 0 spiro atoms. The van der Waals surface area contributed by atoms with Crippen molar-refractivity contribution in [2.45, 2.75) is 33.4 Å². The fraction of sp³-hybridized carbons (Fsp3) is 0.265. The molecule has 1 aromatic heterocycles. The Bertz CT molecular complexity index is 1440. The predicted octanol–water partition coefficient (Wildman–Crippen LogP) is 7.25. The Morgan fingerprint density at radius 3 is 2.08 bits per heavy atom. The van der Waals surface area contributed by atoms with Gasteiger partial charge in [0.15, 0.2) is 0 Å². The lowest BCUT2D eigenvalue weighted by Crippen LogP contribution is -2.27. The van der Waals surface area contributed by atoms with Gasteiger partial charge in [-0.25, -0.2) is 4.98 Å². The molecule has 0 aliphatic rings. The highest BCUT2D eigenvalue weighted by Gasteiger charge is 2.14. The van der Waals surface area contributed by atoms with Crippen molar-refractivity contribution < 1.29 is 9.47 Å². The third kappa shape index (κ3) is 6.87. The zero-order chi connectivity index (χ0) is 26.9. The van der Waals surface area contributed by atoms with E-state index in [9.17, 15) is 0 Å². The summed E-state index contributed by atoms with van der Waals surface area (Å²) in [6.45, 7) is 9.40. The van der Waals surface area contributed by atoms with Gasteiger partial charge in [-0.15, -0.1) is 0 Å². The maximum Gasteiger partial charge on any atom is 0.141 e. The lowest BCUT2D eigenvalue weighted by atomic mass is 10.1. The second-order valence-electron chi connectivity index (χ2n) is 9.65. The van der Waals surface area contributed by atoms with Crippen molar-refractivity contribution in [3.63, 3.8) is 0 Å². The summed E-state index contributed by atoms with van der Waals surface area (Å²) in [5.41, 5.74) is 5.58. The van der Waals surface area contributed by atoms with Crippen LogP contribution in [0.15, 0.2) is 103 Å². The van der Waals surface area contributed by atoms with Gasteiger partial charge in [-0.05, 0) is 67.0 Å². The van der Waals surface area contributed by atoms with E-state index < -0.39 is 0 Å². The standard InChI is InChI=1S/C34H37N3O2/c1-3-36(4-2)23-24-38-31-19-20-32-33(25-31)37(22-21-27-11-7-5-8-12-27)34(35-32)29-15-17-30(18-16-29)39-26-28-13-9-6-10-14-28/h5-20,25H,3-4,21-24,26H2,1-2H3. The Kier molecular flexibility index (Phi) is 8.92. The van der Waals surface area contributed by atoms with Crippen molar-refractivity contribution in [1.82, 2.24) is 14.5 Å². The van der Waals surface area contributed by atoms with Crippen molar-refractivity contribution in [2.24, 2.45) is 0 Å². The monoisotopic (exact) mass is 519 g/mol. The topological polar surface area (TPSA) is 39.5 Å². The number of benzene rings is 4. The summed E-state index contributed by atoms with van der Waals surface area (Å²) in [7, 11) is 0. The Balaban J connectivity index is 1.39. The van der Waals surface area contributed by atoms with Gasteiger partial charge in [0.25, 0.3) is 0 Å². The average molecular weight is 520 g/mol. The maximum absolute atomic E-state index is 6.16. The molecule has 0 atom stereocenters. The van der Waals surface area contributed by atoms with Gasteiger partial charge in [-0.1, -0.05) is 74.5 Å². The first-order chi connectivity index (χ1) is 19.2. The lowest BCUT2D eigenvalue weighted by molar-refractivity contribution is 0.223. The van der Waals surface area contributed by atoms with Gasteiger partial charge in [-0.3, -0.25) is 0 Å². The highest BCUT2D eigenvalue weighted by Crippen LogP contribution is 2.29. The smallest absolute Gasteiger partial charge is 0.141 e. The molecule has 0 saturated heterocycles. The first-order valence-corrected chi connectivity index (χ1v) is 13.9. The van der Waals surface area contributed by atoms with Crippen LogP contribution in [0, 0.1) is 0 Å². The zero-order valence-corrected chi connectivity index (χ0v) is 22.9. The van der Waals surface area contributed by atoms with Crippen LogP contribution < -0.4 is 9.47 Å². The fourth-order valence-corrected chi connectivity index (χ4v) is 4.80. The second-order valence-corrected chi connectivity index (χ2v) is 9.65. The van der Waals surface area contributed by atoms with E-state index in [0.717, 1.165) is 72.1 Å². The molecular weight excluding hydrogens is 482 g/mol. The molecule has 0 aliphatic carbocycles. The Labute approximate surface area is 231 Å². The SMILES string of the molecule is CCN(CC)CCOc1ccc2nc(-c3ccc(OCc4ccccc4)cc3)n(CCc3ccccc3)c2c1. The van der Waals surface area contributed by atoms with Gasteiger partial charge >= 0.3 is 0 Å². The van der Waals surface area contributed by atoms with Crippen LogP contribution in [0.25, 0.3) is 22.4 Å². The first kappa shape index (κ1) is 26.5. The van der Waals surface area contributed by atoms with E-state index in [1.165, 1.54) is 5.56 Å². The highest BCUT2D eigenvalue weighted by molar-refractivity contribution is 5.82. The average Bonchev–Trinajstić information content (AvgIpc) is 3.36. The van der Waals surface area contributed by atoms with E-state index in [0.29, 0.717) is 13.2 Å². The van der Waals surface area contributed by atoms with Gasteiger partial charge in [0, 0.05) is 24.7 Å². The van der Waals surface area contributed by atoms with Crippen molar-refractivity contribution in [3.05, 3.63) is 114 Å². The number of likely N-dealkylation sites (N-methyl/N-ethyl adjacent to an activating group) is 1. The van der Waals surface area contributed by atoms with E-state index in [-0.39, 0.29) is 0 Å². The van der Waals surface area contributed by atoms with Gasteiger partial charge < -0.3 is 18.9 Å². The van der Waals surface area contributed by atoms with Crippen LogP contribution in [0.5, 0.6) is 11.5 Å². The number of aromatic nitrogens is 2. The molecule has 4 aromatic carbocycles. The molecule has 0 radical (unpaired) electrons. The second kappa shape index (κ2) is 13.1. The zero-order valence-electron chi connectivity index (χ0n) is 22.9. The minimum atomic E-state index is 0.548. The van der Waals surface area contributed by atoms with E-state index in [1.54, 1.807) is 0 Å². The third-order valence-corrected chi connectivity index (χ3v) is 7.12. The molecular formula is C34H37N3O2. The molecule has 0 saturated carbocycles. The summed E-state index contributed by atoms with van der Waals surface area (Å²) < 4.78 is 14.5. The van der Waals surface area contributed by atoms with Crippen LogP contribution in [-0.2, 0) is 19.6 Å². The maximum atomic E-state index is 6.16. The number of imidazole rings is 1. The number of hydrogen-bond acceptors (Lipinski definition) is 4.